The number of benzene rings is 2. The van der Waals surface area contributed by atoms with Gasteiger partial charge in [-0.25, -0.2) is 0 Å². The first-order chi connectivity index (χ1) is 9.75. The minimum Gasteiger partial charge on any atom is -0.307 e. The van der Waals surface area contributed by atoms with Gasteiger partial charge in [0.05, 0.1) is 5.69 Å². The third-order valence-corrected chi connectivity index (χ3v) is 4.68. The van der Waals surface area contributed by atoms with E-state index in [4.69, 9.17) is 11.6 Å². The maximum Gasteiger partial charge on any atom is 0.258 e. The molecule has 0 fully saturated rings. The van der Waals surface area contributed by atoms with E-state index in [-0.39, 0.29) is 5.91 Å². The van der Waals surface area contributed by atoms with E-state index in [1.807, 2.05) is 34.9 Å². The molecule has 0 saturated carbocycles. The van der Waals surface area contributed by atoms with Crippen LogP contribution in [0.15, 0.2) is 53.4 Å². The average molecular weight is 304 g/mol. The average Bonchev–Trinajstić information content (AvgIpc) is 2.69. The minimum atomic E-state index is 0.0385. The Morgan fingerprint density at radius 3 is 2.65 bits per heavy atom. The molecule has 0 radical (unpaired) electrons. The van der Waals surface area contributed by atoms with Crippen LogP contribution in [-0.4, -0.2) is 18.2 Å². The lowest BCUT2D eigenvalue weighted by molar-refractivity contribution is 0.0986. The quantitative estimate of drug-likeness (QED) is 0.774. The van der Waals surface area contributed by atoms with Crippen molar-refractivity contribution in [2.24, 2.45) is 0 Å². The van der Waals surface area contributed by atoms with E-state index in [9.17, 15) is 4.79 Å². The topological polar surface area (TPSA) is 20.3 Å². The van der Waals surface area contributed by atoms with Gasteiger partial charge in [0.25, 0.3) is 5.91 Å². The molecule has 0 aliphatic carbocycles. The van der Waals surface area contributed by atoms with E-state index < -0.39 is 0 Å². The van der Waals surface area contributed by atoms with Crippen LogP contribution in [0.4, 0.5) is 5.69 Å². The Morgan fingerprint density at radius 1 is 1.10 bits per heavy atom. The zero-order valence-corrected chi connectivity index (χ0v) is 12.5. The molecule has 1 aliphatic heterocycles. The Balaban J connectivity index is 1.97. The lowest BCUT2D eigenvalue weighted by Gasteiger charge is -2.22. The summed E-state index contributed by atoms with van der Waals surface area (Å²) in [5.74, 6) is 1.08. The molecule has 0 saturated heterocycles. The molecule has 20 heavy (non-hydrogen) atoms. The molecule has 2 nitrogen and oxygen atoms in total. The Bertz CT molecular complexity index is 627. The number of carbonyl (C=O) groups excluding carboxylic acids is 1. The van der Waals surface area contributed by atoms with E-state index in [0.29, 0.717) is 10.6 Å². The summed E-state index contributed by atoms with van der Waals surface area (Å²) < 4.78 is 0. The van der Waals surface area contributed by atoms with Gasteiger partial charge < -0.3 is 4.90 Å². The summed E-state index contributed by atoms with van der Waals surface area (Å²) >= 11 is 7.69. The maximum atomic E-state index is 12.7. The number of para-hydroxylation sites is 1. The normalized spacial score (nSPS) is 14.6. The molecule has 1 aliphatic rings. The second-order valence-electron chi connectivity index (χ2n) is 4.63. The number of hydrogen-bond acceptors (Lipinski definition) is 2. The van der Waals surface area contributed by atoms with E-state index >= 15 is 0 Å². The summed E-state index contributed by atoms with van der Waals surface area (Å²) in [5, 5.41) is 0.647. The van der Waals surface area contributed by atoms with Crippen molar-refractivity contribution in [1.82, 2.24) is 0 Å². The van der Waals surface area contributed by atoms with Gasteiger partial charge in [0, 0.05) is 22.0 Å². The number of amides is 1. The number of rotatable bonds is 1. The van der Waals surface area contributed by atoms with E-state index in [1.54, 1.807) is 24.3 Å². The zero-order valence-electron chi connectivity index (χ0n) is 10.9. The molecule has 4 heteroatoms. The maximum absolute atomic E-state index is 12.7. The minimum absolute atomic E-state index is 0.0385. The lowest BCUT2D eigenvalue weighted by atomic mass is 10.1. The highest BCUT2D eigenvalue weighted by Gasteiger charge is 2.22. The molecule has 3 rings (SSSR count). The fraction of sp³-hybridized carbons (Fsp3) is 0.188. The molecule has 0 bridgehead atoms. The van der Waals surface area contributed by atoms with Gasteiger partial charge in [-0.1, -0.05) is 23.7 Å². The van der Waals surface area contributed by atoms with Crippen LogP contribution in [0.5, 0.6) is 0 Å². The molecule has 2 aromatic rings. The van der Waals surface area contributed by atoms with Crippen molar-refractivity contribution in [1.29, 1.82) is 0 Å². The first kappa shape index (κ1) is 13.5. The summed E-state index contributed by atoms with van der Waals surface area (Å²) in [4.78, 5) is 15.7. The van der Waals surface area contributed by atoms with Crippen LogP contribution in [0.1, 0.15) is 16.8 Å². The molecule has 1 heterocycles. The summed E-state index contributed by atoms with van der Waals surface area (Å²) in [6.45, 7) is 0.755. The van der Waals surface area contributed by atoms with Gasteiger partial charge in [0.1, 0.15) is 0 Å². The summed E-state index contributed by atoms with van der Waals surface area (Å²) in [6, 6.07) is 15.2. The van der Waals surface area contributed by atoms with Gasteiger partial charge in [-0.15, -0.1) is 11.8 Å². The number of thioether (sulfide) groups is 1. The van der Waals surface area contributed by atoms with Crippen LogP contribution in [0, 0.1) is 0 Å². The molecule has 2 aromatic carbocycles. The predicted molar refractivity (Wildman–Crippen MR) is 84.9 cm³/mol. The smallest absolute Gasteiger partial charge is 0.258 e. The largest absolute Gasteiger partial charge is 0.307 e. The van der Waals surface area contributed by atoms with Gasteiger partial charge in [0.2, 0.25) is 0 Å². The standard InChI is InChI=1S/C16H14ClNOS/c17-13-8-6-12(7-9-13)16(19)18-10-3-11-20-15-5-2-1-4-14(15)18/h1-2,4-9H,3,10-11H2. The van der Waals surface area contributed by atoms with Gasteiger partial charge in [-0.05, 0) is 48.6 Å². The summed E-state index contributed by atoms with van der Waals surface area (Å²) in [5.41, 5.74) is 1.69. The predicted octanol–water partition coefficient (Wildman–Crippen LogP) is 4.48. The van der Waals surface area contributed by atoms with Crippen molar-refractivity contribution in [2.45, 2.75) is 11.3 Å². The van der Waals surface area contributed by atoms with Gasteiger partial charge in [-0.2, -0.15) is 0 Å². The van der Waals surface area contributed by atoms with Gasteiger partial charge in [0.15, 0.2) is 0 Å². The van der Waals surface area contributed by atoms with E-state index in [1.165, 1.54) is 4.90 Å². The number of carbonyl (C=O) groups is 1. The molecular formula is C16H14ClNOS. The first-order valence-corrected chi connectivity index (χ1v) is 7.91. The van der Waals surface area contributed by atoms with Gasteiger partial charge in [-0.3, -0.25) is 4.79 Å². The molecule has 0 N–H and O–H groups in total. The highest BCUT2D eigenvalue weighted by Crippen LogP contribution is 2.34. The number of anilines is 1. The third-order valence-electron chi connectivity index (χ3n) is 3.28. The Hall–Kier alpha value is -1.45. The van der Waals surface area contributed by atoms with E-state index in [0.717, 1.165) is 24.4 Å². The summed E-state index contributed by atoms with van der Waals surface area (Å²) in [6.07, 6.45) is 0.999. The van der Waals surface area contributed by atoms with Crippen LogP contribution >= 0.6 is 23.4 Å². The molecule has 0 unspecified atom stereocenters. The van der Waals surface area contributed by atoms with Crippen molar-refractivity contribution in [3.8, 4) is 0 Å². The third kappa shape index (κ3) is 2.69. The van der Waals surface area contributed by atoms with Crippen LogP contribution in [0.25, 0.3) is 0 Å². The van der Waals surface area contributed by atoms with Crippen LogP contribution in [0.2, 0.25) is 5.02 Å². The fourth-order valence-electron chi connectivity index (χ4n) is 2.29. The highest BCUT2D eigenvalue weighted by atomic mass is 35.5. The van der Waals surface area contributed by atoms with Crippen LogP contribution < -0.4 is 4.90 Å². The van der Waals surface area contributed by atoms with Crippen molar-refractivity contribution >= 4 is 35.0 Å². The highest BCUT2D eigenvalue weighted by molar-refractivity contribution is 7.99. The number of halogens is 1. The lowest BCUT2D eigenvalue weighted by Crippen LogP contribution is -2.31. The molecular weight excluding hydrogens is 290 g/mol. The molecule has 1 amide bonds. The SMILES string of the molecule is O=C(c1ccc(Cl)cc1)N1CCCSc2ccccc21. The monoisotopic (exact) mass is 303 g/mol. The first-order valence-electron chi connectivity index (χ1n) is 6.55. The summed E-state index contributed by atoms with van der Waals surface area (Å²) in [7, 11) is 0. The number of nitrogens with zero attached hydrogens (tertiary/aromatic N) is 1. The second kappa shape index (κ2) is 5.90. The van der Waals surface area contributed by atoms with E-state index in [2.05, 4.69) is 6.07 Å². The van der Waals surface area contributed by atoms with Gasteiger partial charge >= 0.3 is 0 Å². The Labute approximate surface area is 127 Å². The fourth-order valence-corrected chi connectivity index (χ4v) is 3.41. The molecule has 0 atom stereocenters. The van der Waals surface area contributed by atoms with Crippen LogP contribution in [0.3, 0.4) is 0 Å². The van der Waals surface area contributed by atoms with Crippen molar-refractivity contribution in [2.75, 3.05) is 17.2 Å². The molecule has 0 aromatic heterocycles. The van der Waals surface area contributed by atoms with Crippen LogP contribution in [-0.2, 0) is 0 Å². The zero-order chi connectivity index (χ0) is 13.9. The van der Waals surface area contributed by atoms with Crippen molar-refractivity contribution in [3.05, 3.63) is 59.1 Å². The molecule has 0 spiro atoms. The Kier molecular flexibility index (Phi) is 3.99. The van der Waals surface area contributed by atoms with Crippen molar-refractivity contribution < 1.29 is 4.79 Å². The van der Waals surface area contributed by atoms with Crippen molar-refractivity contribution in [3.63, 3.8) is 0 Å². The number of hydrogen-bond donors (Lipinski definition) is 0. The second-order valence-corrected chi connectivity index (χ2v) is 6.21. The Morgan fingerprint density at radius 2 is 1.85 bits per heavy atom. The number of fused-ring (bicyclic) bond motifs is 1. The molecule has 102 valence electrons.